The summed E-state index contributed by atoms with van der Waals surface area (Å²) >= 11 is 0. The van der Waals surface area contributed by atoms with Crippen LogP contribution in [0.1, 0.15) is 32.1 Å². The molecule has 0 saturated heterocycles. The summed E-state index contributed by atoms with van der Waals surface area (Å²) in [5.41, 5.74) is 5.29. The lowest BCUT2D eigenvalue weighted by Crippen LogP contribution is -2.29. The van der Waals surface area contributed by atoms with Crippen LogP contribution in [0.25, 0.3) is 0 Å². The lowest BCUT2D eigenvalue weighted by atomic mass is 10.1. The van der Waals surface area contributed by atoms with E-state index in [4.69, 9.17) is 10.8 Å². The number of carbonyl (C=O) groups is 2. The molecule has 14 heavy (non-hydrogen) atoms. The molecule has 0 aliphatic carbocycles. The van der Waals surface area contributed by atoms with E-state index in [-0.39, 0.29) is 5.97 Å². The Labute approximate surface area is 83.2 Å². The monoisotopic (exact) mass is 203 g/mol. The van der Waals surface area contributed by atoms with Gasteiger partial charge in [0.25, 0.3) is 0 Å². The second-order valence-corrected chi connectivity index (χ2v) is 3.12. The topological polar surface area (TPSA) is 89.6 Å². The molecule has 0 rings (SSSR count). The van der Waals surface area contributed by atoms with Crippen LogP contribution >= 0.6 is 0 Å². The average molecular weight is 203 g/mol. The number of carbonyl (C=O) groups excluding carboxylic acids is 1. The van der Waals surface area contributed by atoms with Crippen molar-refractivity contribution in [3.8, 4) is 0 Å². The van der Waals surface area contributed by atoms with Gasteiger partial charge in [0.05, 0.1) is 7.11 Å². The Hall–Kier alpha value is -1.10. The van der Waals surface area contributed by atoms with Crippen LogP contribution in [-0.4, -0.2) is 30.2 Å². The molecule has 0 spiro atoms. The normalized spacial score (nSPS) is 12.1. The molecule has 0 aromatic heterocycles. The number of hydrogen-bond donors (Lipinski definition) is 2. The highest BCUT2D eigenvalue weighted by atomic mass is 16.5. The Morgan fingerprint density at radius 1 is 1.36 bits per heavy atom. The number of ether oxygens (including phenoxy) is 1. The van der Waals surface area contributed by atoms with Crippen LogP contribution in [0.5, 0.6) is 0 Å². The molecule has 0 fully saturated rings. The molecule has 1 atom stereocenters. The van der Waals surface area contributed by atoms with Crippen molar-refractivity contribution in [1.82, 2.24) is 0 Å². The van der Waals surface area contributed by atoms with Crippen molar-refractivity contribution in [2.24, 2.45) is 5.73 Å². The third-order valence-electron chi connectivity index (χ3n) is 1.94. The van der Waals surface area contributed by atoms with E-state index in [1.807, 2.05) is 0 Å². The smallest absolute Gasteiger partial charge is 0.320 e. The van der Waals surface area contributed by atoms with Crippen molar-refractivity contribution in [2.45, 2.75) is 38.1 Å². The van der Waals surface area contributed by atoms with Crippen LogP contribution in [0.15, 0.2) is 0 Å². The van der Waals surface area contributed by atoms with E-state index in [1.54, 1.807) is 0 Å². The first kappa shape index (κ1) is 12.9. The Balaban J connectivity index is 3.30. The second kappa shape index (κ2) is 7.32. The number of carboxylic acids is 1. The fourth-order valence-corrected chi connectivity index (χ4v) is 1.04. The zero-order chi connectivity index (χ0) is 11.0. The molecule has 0 bridgehead atoms. The van der Waals surface area contributed by atoms with E-state index < -0.39 is 12.0 Å². The summed E-state index contributed by atoms with van der Waals surface area (Å²) in [6.45, 7) is 0. The predicted molar refractivity (Wildman–Crippen MR) is 50.7 cm³/mol. The van der Waals surface area contributed by atoms with E-state index >= 15 is 0 Å². The average Bonchev–Trinajstić information content (AvgIpc) is 2.16. The van der Waals surface area contributed by atoms with Crippen molar-refractivity contribution in [3.05, 3.63) is 0 Å². The zero-order valence-corrected chi connectivity index (χ0v) is 8.36. The zero-order valence-electron chi connectivity index (χ0n) is 8.36. The van der Waals surface area contributed by atoms with Crippen LogP contribution in [-0.2, 0) is 14.3 Å². The molecule has 0 aliphatic rings. The lowest BCUT2D eigenvalue weighted by molar-refractivity contribution is -0.141. The first-order valence-electron chi connectivity index (χ1n) is 4.63. The first-order valence-corrected chi connectivity index (χ1v) is 4.63. The Kier molecular flexibility index (Phi) is 6.74. The Bertz CT molecular complexity index is 193. The summed E-state index contributed by atoms with van der Waals surface area (Å²) in [5.74, 6) is -1.20. The standard InChI is InChI=1S/C9H17NO4/c1-14-8(11)6-4-2-3-5-7(10)9(12)13/h7H,2-6,10H2,1H3,(H,12,13). The summed E-state index contributed by atoms with van der Waals surface area (Å²) in [7, 11) is 1.35. The maximum absolute atomic E-state index is 10.7. The van der Waals surface area contributed by atoms with E-state index in [0.717, 1.165) is 19.3 Å². The number of hydrogen-bond acceptors (Lipinski definition) is 4. The maximum atomic E-state index is 10.7. The molecule has 0 radical (unpaired) electrons. The molecule has 5 heteroatoms. The Morgan fingerprint density at radius 3 is 2.50 bits per heavy atom. The molecule has 3 N–H and O–H groups in total. The number of carboxylic acid groups (broad SMARTS) is 1. The van der Waals surface area contributed by atoms with Crippen LogP contribution in [0, 0.1) is 0 Å². The molecular formula is C9H17NO4. The van der Waals surface area contributed by atoms with Crippen LogP contribution in [0.3, 0.4) is 0 Å². The summed E-state index contributed by atoms with van der Waals surface area (Å²) in [5, 5.41) is 8.47. The minimum atomic E-state index is -0.974. The van der Waals surface area contributed by atoms with Gasteiger partial charge in [0.1, 0.15) is 6.04 Å². The summed E-state index contributed by atoms with van der Waals surface area (Å²) in [4.78, 5) is 21.0. The van der Waals surface area contributed by atoms with E-state index in [1.165, 1.54) is 7.11 Å². The number of esters is 1. The molecular weight excluding hydrogens is 186 g/mol. The third kappa shape index (κ3) is 6.42. The van der Waals surface area contributed by atoms with Gasteiger partial charge in [0.2, 0.25) is 0 Å². The van der Waals surface area contributed by atoms with Gasteiger partial charge in [-0.3, -0.25) is 9.59 Å². The summed E-state index contributed by atoms with van der Waals surface area (Å²) < 4.78 is 4.46. The van der Waals surface area contributed by atoms with Crippen molar-refractivity contribution < 1.29 is 19.4 Å². The molecule has 0 aromatic rings. The van der Waals surface area contributed by atoms with Crippen LogP contribution in [0.4, 0.5) is 0 Å². The molecule has 1 unspecified atom stereocenters. The highest BCUT2D eigenvalue weighted by molar-refractivity contribution is 5.72. The fraction of sp³-hybridized carbons (Fsp3) is 0.778. The van der Waals surface area contributed by atoms with Gasteiger partial charge in [-0.05, 0) is 12.8 Å². The maximum Gasteiger partial charge on any atom is 0.320 e. The van der Waals surface area contributed by atoms with Crippen LogP contribution < -0.4 is 5.73 Å². The van der Waals surface area contributed by atoms with E-state index in [9.17, 15) is 9.59 Å². The van der Waals surface area contributed by atoms with Gasteiger partial charge in [-0.15, -0.1) is 0 Å². The fourth-order valence-electron chi connectivity index (χ4n) is 1.04. The number of rotatable bonds is 7. The quantitative estimate of drug-likeness (QED) is 0.465. The molecule has 0 amide bonds. The summed E-state index contributed by atoms with van der Waals surface area (Å²) in [6.07, 6.45) is 3.09. The second-order valence-electron chi connectivity index (χ2n) is 3.12. The van der Waals surface area contributed by atoms with Crippen molar-refractivity contribution >= 4 is 11.9 Å². The minimum absolute atomic E-state index is 0.229. The minimum Gasteiger partial charge on any atom is -0.480 e. The lowest BCUT2D eigenvalue weighted by Gasteiger charge is -2.05. The SMILES string of the molecule is COC(=O)CCCCCC(N)C(=O)O. The molecule has 0 aliphatic heterocycles. The van der Waals surface area contributed by atoms with Gasteiger partial charge in [-0.2, -0.15) is 0 Å². The van der Waals surface area contributed by atoms with Gasteiger partial charge in [0.15, 0.2) is 0 Å². The summed E-state index contributed by atoms with van der Waals surface area (Å²) in [6, 6.07) is -0.784. The Morgan fingerprint density at radius 2 is 2.00 bits per heavy atom. The van der Waals surface area contributed by atoms with Gasteiger partial charge in [-0.1, -0.05) is 12.8 Å². The van der Waals surface area contributed by atoms with E-state index in [2.05, 4.69) is 4.74 Å². The van der Waals surface area contributed by atoms with Crippen molar-refractivity contribution in [3.63, 3.8) is 0 Å². The first-order chi connectivity index (χ1) is 6.57. The number of methoxy groups -OCH3 is 1. The molecule has 0 heterocycles. The van der Waals surface area contributed by atoms with Gasteiger partial charge >= 0.3 is 11.9 Å². The number of nitrogens with two attached hydrogens (primary N) is 1. The molecule has 0 aromatic carbocycles. The molecule has 5 nitrogen and oxygen atoms in total. The largest absolute Gasteiger partial charge is 0.480 e. The van der Waals surface area contributed by atoms with Gasteiger partial charge in [0, 0.05) is 6.42 Å². The van der Waals surface area contributed by atoms with Crippen LogP contribution in [0.2, 0.25) is 0 Å². The van der Waals surface area contributed by atoms with Crippen molar-refractivity contribution in [2.75, 3.05) is 7.11 Å². The molecule has 82 valence electrons. The molecule has 0 saturated carbocycles. The highest BCUT2D eigenvalue weighted by Crippen LogP contribution is 2.05. The van der Waals surface area contributed by atoms with Crippen molar-refractivity contribution in [1.29, 1.82) is 0 Å². The third-order valence-corrected chi connectivity index (χ3v) is 1.94. The predicted octanol–water partition coefficient (Wildman–Crippen LogP) is 0.522. The van der Waals surface area contributed by atoms with Gasteiger partial charge in [-0.25, -0.2) is 0 Å². The number of aliphatic carboxylic acids is 1. The van der Waals surface area contributed by atoms with Gasteiger partial charge < -0.3 is 15.6 Å². The number of unbranched alkanes of at least 4 members (excludes halogenated alkanes) is 2. The highest BCUT2D eigenvalue weighted by Gasteiger charge is 2.10. The van der Waals surface area contributed by atoms with E-state index in [0.29, 0.717) is 12.8 Å².